The summed E-state index contributed by atoms with van der Waals surface area (Å²) in [6.07, 6.45) is 7.40. The van der Waals surface area contributed by atoms with Crippen LogP contribution in [0.5, 0.6) is 0 Å². The lowest BCUT2D eigenvalue weighted by Gasteiger charge is -2.49. The van der Waals surface area contributed by atoms with Crippen molar-refractivity contribution in [3.63, 3.8) is 0 Å². The summed E-state index contributed by atoms with van der Waals surface area (Å²) in [7, 11) is 0. The van der Waals surface area contributed by atoms with Gasteiger partial charge in [-0.25, -0.2) is 0 Å². The molecule has 0 aliphatic heterocycles. The zero-order valence-electron chi connectivity index (χ0n) is 14.1. The largest absolute Gasteiger partial charge is 0.0620 e. The summed E-state index contributed by atoms with van der Waals surface area (Å²) in [5.41, 5.74) is 7.33. The molecule has 0 aromatic heterocycles. The molecule has 0 radical (unpaired) electrons. The average molecular weight is 312 g/mol. The minimum Gasteiger partial charge on any atom is -0.0620 e. The van der Waals surface area contributed by atoms with Gasteiger partial charge in [-0.05, 0) is 89.9 Å². The van der Waals surface area contributed by atoms with E-state index >= 15 is 0 Å². The highest BCUT2D eigenvalue weighted by Crippen LogP contribution is 2.77. The van der Waals surface area contributed by atoms with E-state index < -0.39 is 0 Å². The van der Waals surface area contributed by atoms with Crippen LogP contribution in [0.3, 0.4) is 0 Å². The summed E-state index contributed by atoms with van der Waals surface area (Å²) >= 11 is 0. The Hall–Kier alpha value is -1.56. The first kappa shape index (κ1) is 12.8. The summed E-state index contributed by atoms with van der Waals surface area (Å²) in [5.74, 6) is 5.46. The molecule has 0 amide bonds. The Balaban J connectivity index is 1.64. The quantitative estimate of drug-likeness (QED) is 0.592. The van der Waals surface area contributed by atoms with Crippen LogP contribution in [-0.2, 0) is 5.41 Å². The maximum atomic E-state index is 2.52. The number of rotatable bonds is 0. The summed E-state index contributed by atoms with van der Waals surface area (Å²) < 4.78 is 0. The number of benzene rings is 2. The molecule has 5 aliphatic rings. The van der Waals surface area contributed by atoms with Crippen LogP contribution in [0.4, 0.5) is 0 Å². The monoisotopic (exact) mass is 312 g/mol. The predicted octanol–water partition coefficient (Wildman–Crippen LogP) is 5.62. The van der Waals surface area contributed by atoms with Gasteiger partial charge >= 0.3 is 0 Å². The molecule has 6 atom stereocenters. The van der Waals surface area contributed by atoms with Crippen LogP contribution in [0.15, 0.2) is 48.5 Å². The second kappa shape index (κ2) is 3.98. The highest BCUT2D eigenvalue weighted by molar-refractivity contribution is 5.61. The SMILES string of the molecule is c1ccc2c(c1)C1CCC3CC4CCC5c6ccccc6C2(C31)C45. The van der Waals surface area contributed by atoms with Gasteiger partial charge in [-0.15, -0.1) is 0 Å². The van der Waals surface area contributed by atoms with E-state index in [1.165, 1.54) is 32.1 Å². The number of hydrogen-bond donors (Lipinski definition) is 0. The van der Waals surface area contributed by atoms with Gasteiger partial charge in [-0.3, -0.25) is 0 Å². The van der Waals surface area contributed by atoms with E-state index in [1.807, 2.05) is 0 Å². The lowest BCUT2D eigenvalue weighted by molar-refractivity contribution is 0.0750. The molecule has 1 spiro atoms. The average Bonchev–Trinajstić information content (AvgIpc) is 3.36. The summed E-state index contributed by atoms with van der Waals surface area (Å²) in [4.78, 5) is 0. The van der Waals surface area contributed by atoms with Gasteiger partial charge in [0.1, 0.15) is 0 Å². The van der Waals surface area contributed by atoms with E-state index in [1.54, 1.807) is 22.3 Å². The van der Waals surface area contributed by atoms with E-state index in [0.29, 0.717) is 5.41 Å². The summed E-state index contributed by atoms with van der Waals surface area (Å²) in [5, 5.41) is 0. The molecule has 3 fully saturated rings. The lowest BCUT2D eigenvalue weighted by Crippen LogP contribution is -2.47. The van der Waals surface area contributed by atoms with Crippen LogP contribution < -0.4 is 0 Å². The summed E-state index contributed by atoms with van der Waals surface area (Å²) in [6, 6.07) is 19.2. The molecular weight excluding hydrogens is 288 g/mol. The van der Waals surface area contributed by atoms with E-state index in [4.69, 9.17) is 0 Å². The molecule has 0 bridgehead atoms. The molecule has 2 aromatic rings. The standard InChI is InChI=1S/C24H24/c1-3-7-20-16(5-1)18-11-9-14-13-15-10-12-19-17-6-2-4-8-21(17)24(20,22(14)18)23(15)19/h1-8,14-15,18-19,22-23H,9-13H2. The predicted molar refractivity (Wildman–Crippen MR) is 96.2 cm³/mol. The molecule has 2 aromatic carbocycles. The van der Waals surface area contributed by atoms with Crippen LogP contribution in [-0.4, -0.2) is 0 Å². The smallest absolute Gasteiger partial charge is 0.0281 e. The van der Waals surface area contributed by atoms with Crippen LogP contribution in [0.2, 0.25) is 0 Å². The van der Waals surface area contributed by atoms with Crippen molar-refractivity contribution in [2.45, 2.75) is 49.4 Å². The van der Waals surface area contributed by atoms with Gasteiger partial charge in [0.25, 0.3) is 0 Å². The van der Waals surface area contributed by atoms with Crippen molar-refractivity contribution < 1.29 is 0 Å². The topological polar surface area (TPSA) is 0 Å². The molecule has 3 saturated carbocycles. The van der Waals surface area contributed by atoms with Crippen molar-refractivity contribution in [1.29, 1.82) is 0 Å². The van der Waals surface area contributed by atoms with Gasteiger partial charge in [0.05, 0.1) is 0 Å². The molecule has 0 N–H and O–H groups in total. The number of fused-ring (bicyclic) bond motifs is 4. The normalized spacial score (nSPS) is 45.7. The maximum absolute atomic E-state index is 2.52. The summed E-state index contributed by atoms with van der Waals surface area (Å²) in [6.45, 7) is 0. The van der Waals surface area contributed by atoms with Gasteiger partial charge in [-0.2, -0.15) is 0 Å². The van der Waals surface area contributed by atoms with Gasteiger partial charge in [0.2, 0.25) is 0 Å². The Morgan fingerprint density at radius 3 is 1.67 bits per heavy atom. The molecule has 0 heterocycles. The first-order chi connectivity index (χ1) is 11.9. The maximum Gasteiger partial charge on any atom is 0.0281 e. The Bertz CT molecular complexity index is 790. The third-order valence-electron chi connectivity index (χ3n) is 8.85. The van der Waals surface area contributed by atoms with E-state index in [9.17, 15) is 0 Å². The third kappa shape index (κ3) is 1.14. The Morgan fingerprint density at radius 1 is 0.625 bits per heavy atom. The van der Waals surface area contributed by atoms with E-state index in [-0.39, 0.29) is 0 Å². The molecule has 5 aliphatic carbocycles. The second-order valence-electron chi connectivity index (χ2n) is 9.22. The highest BCUT2D eigenvalue weighted by atomic mass is 14.7. The zero-order chi connectivity index (χ0) is 15.5. The highest BCUT2D eigenvalue weighted by Gasteiger charge is 2.70. The van der Waals surface area contributed by atoms with Gasteiger partial charge in [-0.1, -0.05) is 48.5 Å². The van der Waals surface area contributed by atoms with Crippen LogP contribution in [0, 0.1) is 23.7 Å². The van der Waals surface area contributed by atoms with E-state index in [2.05, 4.69) is 48.5 Å². The van der Waals surface area contributed by atoms with Crippen molar-refractivity contribution in [2.24, 2.45) is 23.7 Å². The van der Waals surface area contributed by atoms with Gasteiger partial charge in [0.15, 0.2) is 0 Å². The van der Waals surface area contributed by atoms with Crippen molar-refractivity contribution in [1.82, 2.24) is 0 Å². The van der Waals surface area contributed by atoms with Crippen LogP contribution in [0.25, 0.3) is 0 Å². The van der Waals surface area contributed by atoms with Crippen LogP contribution in [0.1, 0.15) is 66.2 Å². The van der Waals surface area contributed by atoms with Crippen LogP contribution >= 0.6 is 0 Å². The molecule has 120 valence electrons. The fraction of sp³-hybridized carbons (Fsp3) is 0.500. The Morgan fingerprint density at radius 2 is 1.12 bits per heavy atom. The van der Waals surface area contributed by atoms with Crippen molar-refractivity contribution in [3.05, 3.63) is 70.8 Å². The van der Waals surface area contributed by atoms with E-state index in [0.717, 1.165) is 35.5 Å². The van der Waals surface area contributed by atoms with Crippen molar-refractivity contribution in [3.8, 4) is 0 Å². The molecule has 6 unspecified atom stereocenters. The molecule has 0 nitrogen and oxygen atoms in total. The second-order valence-corrected chi connectivity index (χ2v) is 9.22. The molecule has 0 heteroatoms. The molecule has 24 heavy (non-hydrogen) atoms. The van der Waals surface area contributed by atoms with Crippen molar-refractivity contribution >= 4 is 0 Å². The Kier molecular flexibility index (Phi) is 2.11. The fourth-order valence-electron chi connectivity index (χ4n) is 8.64. The molecule has 7 rings (SSSR count). The first-order valence-electron chi connectivity index (χ1n) is 10.1. The Labute approximate surface area is 144 Å². The molecular formula is C24H24. The van der Waals surface area contributed by atoms with Gasteiger partial charge in [0, 0.05) is 5.41 Å². The third-order valence-corrected chi connectivity index (χ3v) is 8.85. The minimum atomic E-state index is 0.378. The fourth-order valence-corrected chi connectivity index (χ4v) is 8.64. The first-order valence-corrected chi connectivity index (χ1v) is 10.1. The number of hydrogen-bond acceptors (Lipinski definition) is 0. The zero-order valence-corrected chi connectivity index (χ0v) is 14.1. The molecule has 0 saturated heterocycles. The van der Waals surface area contributed by atoms with Gasteiger partial charge < -0.3 is 0 Å². The lowest BCUT2D eigenvalue weighted by atomic mass is 9.53. The van der Waals surface area contributed by atoms with Crippen molar-refractivity contribution in [2.75, 3.05) is 0 Å². The minimum absolute atomic E-state index is 0.378.